The number of nitrogens with one attached hydrogen (secondary N) is 2. The molecule has 0 bridgehead atoms. The van der Waals surface area contributed by atoms with Gasteiger partial charge in [-0.2, -0.15) is 0 Å². The molecular formula is C19H22N4O5S. The number of anilines is 2. The minimum Gasteiger partial charge on any atom is -0.494 e. The van der Waals surface area contributed by atoms with Gasteiger partial charge in [0.15, 0.2) is 0 Å². The number of amides is 1. The van der Waals surface area contributed by atoms with Gasteiger partial charge in [0.05, 0.1) is 30.1 Å². The lowest BCUT2D eigenvalue weighted by Crippen LogP contribution is -2.24. The number of fused-ring (bicyclic) bond motifs is 1. The van der Waals surface area contributed by atoms with Gasteiger partial charge in [-0.1, -0.05) is 12.1 Å². The van der Waals surface area contributed by atoms with E-state index in [1.54, 1.807) is 22.2 Å². The van der Waals surface area contributed by atoms with E-state index in [1.807, 2.05) is 24.3 Å². The monoisotopic (exact) mass is 418 g/mol. The standard InChI is InChI=1S/C19H22N4O5S/c1-22-15-6-4-5-7-16(15)23(19(22)25)11-10-18(24)20-13-8-9-14(17(12-13)28-2)21-29(3,26)27/h4-9,12,21H,10-11H2,1-3H3,(H,20,24). The normalized spacial score (nSPS) is 11.4. The number of ether oxygens (including phenoxy) is 1. The fourth-order valence-electron chi connectivity index (χ4n) is 3.07. The zero-order chi connectivity index (χ0) is 21.2. The van der Waals surface area contributed by atoms with E-state index in [2.05, 4.69) is 10.0 Å². The minimum atomic E-state index is -3.46. The number of imidazole rings is 1. The molecule has 154 valence electrons. The van der Waals surface area contributed by atoms with Crippen LogP contribution in [0.4, 0.5) is 11.4 Å². The van der Waals surface area contributed by atoms with Crippen molar-refractivity contribution in [3.63, 3.8) is 0 Å². The summed E-state index contributed by atoms with van der Waals surface area (Å²) in [6.45, 7) is 0.233. The topological polar surface area (TPSA) is 111 Å². The molecule has 1 heterocycles. The Balaban J connectivity index is 1.72. The molecule has 10 heteroatoms. The SMILES string of the molecule is COc1cc(NC(=O)CCn2c(=O)n(C)c3ccccc32)ccc1NS(C)(=O)=O. The second kappa shape index (κ2) is 8.00. The molecule has 1 amide bonds. The van der Waals surface area contributed by atoms with Crippen LogP contribution in [-0.4, -0.2) is 36.8 Å². The quantitative estimate of drug-likeness (QED) is 0.607. The van der Waals surface area contributed by atoms with Crippen LogP contribution >= 0.6 is 0 Å². The number of nitrogens with zero attached hydrogens (tertiary/aromatic N) is 2. The van der Waals surface area contributed by atoms with Crippen molar-refractivity contribution in [3.05, 3.63) is 52.9 Å². The van der Waals surface area contributed by atoms with Gasteiger partial charge in [0.1, 0.15) is 5.75 Å². The van der Waals surface area contributed by atoms with Crippen molar-refractivity contribution in [2.45, 2.75) is 13.0 Å². The van der Waals surface area contributed by atoms with E-state index in [9.17, 15) is 18.0 Å². The largest absolute Gasteiger partial charge is 0.494 e. The first-order valence-corrected chi connectivity index (χ1v) is 10.7. The Morgan fingerprint density at radius 1 is 1.14 bits per heavy atom. The summed E-state index contributed by atoms with van der Waals surface area (Å²) < 4.78 is 33.5. The minimum absolute atomic E-state index is 0.0968. The third-order valence-corrected chi connectivity index (χ3v) is 4.99. The van der Waals surface area contributed by atoms with Crippen LogP contribution < -0.4 is 20.5 Å². The van der Waals surface area contributed by atoms with E-state index in [-0.39, 0.29) is 36.0 Å². The first kappa shape index (κ1) is 20.5. The van der Waals surface area contributed by atoms with Crippen LogP contribution in [0.2, 0.25) is 0 Å². The van der Waals surface area contributed by atoms with Crippen molar-refractivity contribution in [1.29, 1.82) is 0 Å². The lowest BCUT2D eigenvalue weighted by Gasteiger charge is -2.12. The van der Waals surface area contributed by atoms with Gasteiger partial charge in [0, 0.05) is 31.8 Å². The molecule has 29 heavy (non-hydrogen) atoms. The van der Waals surface area contributed by atoms with Crippen LogP contribution in [0, 0.1) is 0 Å². The van der Waals surface area contributed by atoms with Crippen LogP contribution in [0.15, 0.2) is 47.3 Å². The summed E-state index contributed by atoms with van der Waals surface area (Å²) in [4.78, 5) is 24.8. The highest BCUT2D eigenvalue weighted by atomic mass is 32.2. The van der Waals surface area contributed by atoms with Crippen LogP contribution in [0.5, 0.6) is 5.75 Å². The predicted molar refractivity (Wildman–Crippen MR) is 112 cm³/mol. The lowest BCUT2D eigenvalue weighted by molar-refractivity contribution is -0.116. The number of methoxy groups -OCH3 is 1. The molecule has 3 aromatic rings. The second-order valence-electron chi connectivity index (χ2n) is 6.57. The zero-order valence-corrected chi connectivity index (χ0v) is 17.1. The molecule has 0 aliphatic carbocycles. The smallest absolute Gasteiger partial charge is 0.328 e. The number of benzene rings is 2. The molecule has 0 saturated heterocycles. The Bertz CT molecular complexity index is 1230. The van der Waals surface area contributed by atoms with Crippen molar-refractivity contribution in [1.82, 2.24) is 9.13 Å². The van der Waals surface area contributed by atoms with Crippen LogP contribution in [0.1, 0.15) is 6.42 Å². The number of carbonyl (C=O) groups excluding carboxylic acids is 1. The summed E-state index contributed by atoms with van der Waals surface area (Å²) in [6, 6.07) is 12.0. The first-order valence-electron chi connectivity index (χ1n) is 8.79. The molecule has 0 radical (unpaired) electrons. The molecule has 0 atom stereocenters. The van der Waals surface area contributed by atoms with E-state index >= 15 is 0 Å². The number of para-hydroxylation sites is 2. The van der Waals surface area contributed by atoms with Crippen molar-refractivity contribution in [3.8, 4) is 5.75 Å². The van der Waals surface area contributed by atoms with Gasteiger partial charge in [0.2, 0.25) is 15.9 Å². The highest BCUT2D eigenvalue weighted by Gasteiger charge is 2.13. The van der Waals surface area contributed by atoms with Gasteiger partial charge >= 0.3 is 5.69 Å². The van der Waals surface area contributed by atoms with E-state index in [1.165, 1.54) is 19.2 Å². The average Bonchev–Trinajstić information content (AvgIpc) is 2.91. The number of carbonyl (C=O) groups is 1. The Labute approximate surface area is 168 Å². The maximum Gasteiger partial charge on any atom is 0.328 e. The Hall–Kier alpha value is -3.27. The summed E-state index contributed by atoms with van der Waals surface area (Å²) in [5.74, 6) is -0.00536. The van der Waals surface area contributed by atoms with E-state index in [0.717, 1.165) is 17.3 Å². The fourth-order valence-corrected chi connectivity index (χ4v) is 3.64. The summed E-state index contributed by atoms with van der Waals surface area (Å²) >= 11 is 0. The third kappa shape index (κ3) is 4.60. The number of rotatable bonds is 7. The fraction of sp³-hybridized carbons (Fsp3) is 0.263. The molecule has 2 N–H and O–H groups in total. The number of aromatic nitrogens is 2. The molecule has 0 aliphatic heterocycles. The van der Waals surface area contributed by atoms with Gasteiger partial charge in [-0.25, -0.2) is 13.2 Å². The Morgan fingerprint density at radius 2 is 1.83 bits per heavy atom. The number of sulfonamides is 1. The molecular weight excluding hydrogens is 396 g/mol. The second-order valence-corrected chi connectivity index (χ2v) is 8.32. The summed E-state index contributed by atoms with van der Waals surface area (Å²) in [6.07, 6.45) is 1.14. The maximum absolute atomic E-state index is 12.4. The highest BCUT2D eigenvalue weighted by molar-refractivity contribution is 7.92. The molecule has 1 aromatic heterocycles. The highest BCUT2D eigenvalue weighted by Crippen LogP contribution is 2.28. The van der Waals surface area contributed by atoms with Crippen molar-refractivity contribution in [2.24, 2.45) is 7.05 Å². The molecule has 0 aliphatic rings. The summed E-state index contributed by atoms with van der Waals surface area (Å²) in [7, 11) is -0.359. The van der Waals surface area contributed by atoms with E-state index < -0.39 is 10.0 Å². The van der Waals surface area contributed by atoms with E-state index in [4.69, 9.17) is 4.74 Å². The Morgan fingerprint density at radius 3 is 2.48 bits per heavy atom. The lowest BCUT2D eigenvalue weighted by atomic mass is 10.2. The van der Waals surface area contributed by atoms with Crippen molar-refractivity contribution >= 4 is 38.3 Å². The van der Waals surface area contributed by atoms with Gasteiger partial charge in [-0.3, -0.25) is 18.7 Å². The molecule has 0 fully saturated rings. The number of hydrogen-bond acceptors (Lipinski definition) is 5. The van der Waals surface area contributed by atoms with Gasteiger partial charge in [0.25, 0.3) is 0 Å². The summed E-state index contributed by atoms with van der Waals surface area (Å²) in [5, 5.41) is 2.73. The molecule has 9 nitrogen and oxygen atoms in total. The molecule has 3 rings (SSSR count). The maximum atomic E-state index is 12.4. The average molecular weight is 418 g/mol. The predicted octanol–water partition coefficient (Wildman–Crippen LogP) is 1.75. The molecule has 0 spiro atoms. The zero-order valence-electron chi connectivity index (χ0n) is 16.3. The van der Waals surface area contributed by atoms with Gasteiger partial charge in [-0.15, -0.1) is 0 Å². The van der Waals surface area contributed by atoms with Gasteiger partial charge < -0.3 is 10.1 Å². The first-order chi connectivity index (χ1) is 13.7. The van der Waals surface area contributed by atoms with Crippen molar-refractivity contribution < 1.29 is 17.9 Å². The van der Waals surface area contributed by atoms with E-state index in [0.29, 0.717) is 5.69 Å². The molecule has 2 aromatic carbocycles. The van der Waals surface area contributed by atoms with Crippen molar-refractivity contribution in [2.75, 3.05) is 23.4 Å². The molecule has 0 saturated carbocycles. The Kier molecular flexibility index (Phi) is 5.64. The summed E-state index contributed by atoms with van der Waals surface area (Å²) in [5.41, 5.74) is 2.12. The number of aryl methyl sites for hydroxylation is 2. The molecule has 0 unspecified atom stereocenters. The number of hydrogen-bond donors (Lipinski definition) is 2. The van der Waals surface area contributed by atoms with Crippen LogP contribution in [0.25, 0.3) is 11.0 Å². The van der Waals surface area contributed by atoms with Gasteiger partial charge in [-0.05, 0) is 24.3 Å². The van der Waals surface area contributed by atoms with Crippen LogP contribution in [0.3, 0.4) is 0 Å². The van der Waals surface area contributed by atoms with Crippen LogP contribution in [-0.2, 0) is 28.4 Å². The third-order valence-electron chi connectivity index (χ3n) is 4.39.